The predicted octanol–water partition coefficient (Wildman–Crippen LogP) is 6.07. The molecule has 0 radical (unpaired) electrons. The van der Waals surface area contributed by atoms with Crippen LogP contribution in [0.3, 0.4) is 0 Å². The van der Waals surface area contributed by atoms with E-state index in [1.54, 1.807) is 18.1 Å². The minimum Gasteiger partial charge on any atom is -0.490 e. The number of nitrogens with zero attached hydrogens (tertiary/aromatic N) is 1. The molecule has 1 aliphatic heterocycles. The Balaban J connectivity index is 1.19. The summed E-state index contributed by atoms with van der Waals surface area (Å²) < 4.78 is 9.51. The first-order valence-electron chi connectivity index (χ1n) is 9.35. The van der Waals surface area contributed by atoms with Crippen molar-refractivity contribution in [2.75, 3.05) is 24.9 Å². The van der Waals surface area contributed by atoms with Crippen LogP contribution >= 0.6 is 35.1 Å². The second-order valence-corrected chi connectivity index (χ2v) is 9.67. The number of nitrogens with one attached hydrogen (secondary N) is 2. The first-order chi connectivity index (χ1) is 13.5. The van der Waals surface area contributed by atoms with Gasteiger partial charge in [0, 0.05) is 35.0 Å². The molecule has 2 N–H and O–H groups in total. The van der Waals surface area contributed by atoms with Crippen molar-refractivity contribution in [1.29, 1.82) is 0 Å². The Morgan fingerprint density at radius 1 is 1.11 bits per heavy atom. The van der Waals surface area contributed by atoms with E-state index in [0.29, 0.717) is 21.6 Å². The van der Waals surface area contributed by atoms with Gasteiger partial charge in [0.05, 0.1) is 27.4 Å². The largest absolute Gasteiger partial charge is 0.490 e. The van der Waals surface area contributed by atoms with Crippen LogP contribution in [0, 0.1) is 5.41 Å². The number of rotatable bonds is 5. The van der Waals surface area contributed by atoms with E-state index in [2.05, 4.69) is 33.8 Å². The monoisotopic (exact) mass is 433 g/mol. The van der Waals surface area contributed by atoms with Gasteiger partial charge in [0.2, 0.25) is 0 Å². The molecule has 2 aromatic carbocycles. The van der Waals surface area contributed by atoms with Gasteiger partial charge in [0.25, 0.3) is 0 Å². The van der Waals surface area contributed by atoms with E-state index in [1.807, 2.05) is 24.3 Å². The molecular weight excluding hydrogens is 413 g/mol. The topological polar surface area (TPSA) is 40.3 Å². The molecule has 1 aromatic heterocycles. The lowest BCUT2D eigenvalue weighted by Gasteiger charge is -2.57. The van der Waals surface area contributed by atoms with E-state index in [1.165, 1.54) is 25.9 Å². The van der Waals surface area contributed by atoms with Crippen molar-refractivity contribution in [3.8, 4) is 5.75 Å². The third kappa shape index (κ3) is 3.35. The molecule has 0 bridgehead atoms. The van der Waals surface area contributed by atoms with E-state index in [4.69, 9.17) is 27.9 Å². The highest BCUT2D eigenvalue weighted by atomic mass is 35.5. The van der Waals surface area contributed by atoms with Crippen LogP contribution in [0.1, 0.15) is 12.8 Å². The SMILES string of the molecule is CN1CC2(CC(Oc3ccc(SNc4ccc(Cl)c5c(Cl)c[nH]c45)cc3)C2)C1. The Hall–Kier alpha value is -1.53. The van der Waals surface area contributed by atoms with Crippen LogP contribution in [0.2, 0.25) is 10.0 Å². The van der Waals surface area contributed by atoms with Gasteiger partial charge in [-0.1, -0.05) is 23.2 Å². The van der Waals surface area contributed by atoms with E-state index < -0.39 is 0 Å². The first kappa shape index (κ1) is 18.5. The van der Waals surface area contributed by atoms with E-state index in [9.17, 15) is 0 Å². The molecule has 146 valence electrons. The second kappa shape index (κ2) is 7.06. The fourth-order valence-electron chi connectivity index (χ4n) is 4.49. The number of hydrogen-bond acceptors (Lipinski definition) is 4. The van der Waals surface area contributed by atoms with Gasteiger partial charge in [-0.25, -0.2) is 0 Å². The summed E-state index contributed by atoms with van der Waals surface area (Å²) in [6, 6.07) is 12.1. The summed E-state index contributed by atoms with van der Waals surface area (Å²) in [4.78, 5) is 6.67. The highest BCUT2D eigenvalue weighted by Gasteiger charge is 2.52. The van der Waals surface area contributed by atoms with Crippen molar-refractivity contribution in [2.24, 2.45) is 5.41 Å². The zero-order chi connectivity index (χ0) is 19.3. The number of aromatic amines is 1. The van der Waals surface area contributed by atoms with Gasteiger partial charge >= 0.3 is 0 Å². The normalized spacial score (nSPS) is 18.8. The van der Waals surface area contributed by atoms with Crippen molar-refractivity contribution >= 4 is 51.7 Å². The highest BCUT2D eigenvalue weighted by Crippen LogP contribution is 2.49. The van der Waals surface area contributed by atoms with Crippen LogP contribution in [0.15, 0.2) is 47.5 Å². The first-order valence-corrected chi connectivity index (χ1v) is 10.9. The standard InChI is InChI=1S/C21H21Cl2N3OS/c1-26-11-21(12-26)8-14(9-21)27-13-2-4-15(5-3-13)28-25-18-7-6-16(22)19-17(23)10-24-20(18)19/h2-7,10,14,24-25H,8-9,11-12H2,1H3. The maximum atomic E-state index is 6.25. The molecule has 1 saturated carbocycles. The van der Waals surface area contributed by atoms with Gasteiger partial charge in [-0.05, 0) is 68.2 Å². The summed E-state index contributed by atoms with van der Waals surface area (Å²) in [6.45, 7) is 2.44. The van der Waals surface area contributed by atoms with Gasteiger partial charge in [-0.3, -0.25) is 0 Å². The van der Waals surface area contributed by atoms with Crippen LogP contribution in [0.25, 0.3) is 10.9 Å². The third-order valence-electron chi connectivity index (χ3n) is 5.67. The summed E-state index contributed by atoms with van der Waals surface area (Å²) >= 11 is 14.0. The van der Waals surface area contributed by atoms with E-state index in [0.717, 1.165) is 27.2 Å². The Morgan fingerprint density at radius 3 is 2.57 bits per heavy atom. The predicted molar refractivity (Wildman–Crippen MR) is 118 cm³/mol. The van der Waals surface area contributed by atoms with Crippen molar-refractivity contribution < 1.29 is 4.74 Å². The van der Waals surface area contributed by atoms with E-state index >= 15 is 0 Å². The van der Waals surface area contributed by atoms with Gasteiger partial charge in [0.1, 0.15) is 5.75 Å². The molecule has 3 aromatic rings. The van der Waals surface area contributed by atoms with Gasteiger partial charge in [-0.2, -0.15) is 0 Å². The molecule has 1 aliphatic carbocycles. The lowest BCUT2D eigenvalue weighted by molar-refractivity contribution is -0.109. The molecule has 1 saturated heterocycles. The number of aromatic nitrogens is 1. The van der Waals surface area contributed by atoms with Crippen molar-refractivity contribution in [3.63, 3.8) is 0 Å². The molecule has 0 amide bonds. The van der Waals surface area contributed by atoms with Gasteiger partial charge in [-0.15, -0.1) is 0 Å². The minimum absolute atomic E-state index is 0.366. The number of anilines is 1. The van der Waals surface area contributed by atoms with Crippen LogP contribution in [0.4, 0.5) is 5.69 Å². The van der Waals surface area contributed by atoms with Gasteiger partial charge in [0.15, 0.2) is 0 Å². The molecular formula is C21H21Cl2N3OS. The number of likely N-dealkylation sites (tertiary alicyclic amines) is 1. The number of H-pyrrole nitrogens is 1. The minimum atomic E-state index is 0.366. The molecule has 2 aliphatic rings. The number of benzene rings is 2. The molecule has 2 heterocycles. The molecule has 0 unspecified atom stereocenters. The summed E-state index contributed by atoms with van der Waals surface area (Å²) in [6.07, 6.45) is 4.48. The van der Waals surface area contributed by atoms with Crippen LogP contribution in [-0.2, 0) is 0 Å². The molecule has 7 heteroatoms. The third-order valence-corrected chi connectivity index (χ3v) is 7.12. The lowest BCUT2D eigenvalue weighted by Crippen LogP contribution is -2.63. The molecule has 1 spiro atoms. The zero-order valence-corrected chi connectivity index (χ0v) is 17.8. The van der Waals surface area contributed by atoms with E-state index in [-0.39, 0.29) is 0 Å². The quantitative estimate of drug-likeness (QED) is 0.479. The maximum absolute atomic E-state index is 6.25. The number of ether oxygens (including phenoxy) is 1. The molecule has 28 heavy (non-hydrogen) atoms. The van der Waals surface area contributed by atoms with Crippen molar-refractivity contribution in [3.05, 3.63) is 52.6 Å². The summed E-state index contributed by atoms with van der Waals surface area (Å²) in [5.74, 6) is 0.946. The number of fused-ring (bicyclic) bond motifs is 1. The smallest absolute Gasteiger partial charge is 0.119 e. The zero-order valence-electron chi connectivity index (χ0n) is 15.5. The summed E-state index contributed by atoms with van der Waals surface area (Å²) in [5.41, 5.74) is 2.40. The summed E-state index contributed by atoms with van der Waals surface area (Å²) in [7, 11) is 2.18. The molecule has 2 fully saturated rings. The summed E-state index contributed by atoms with van der Waals surface area (Å²) in [5, 5.41) is 2.11. The Bertz CT molecular complexity index is 1010. The fourth-order valence-corrected chi connectivity index (χ4v) is 5.72. The number of halogens is 2. The highest BCUT2D eigenvalue weighted by molar-refractivity contribution is 8.00. The average molecular weight is 434 g/mol. The number of hydrogen-bond donors (Lipinski definition) is 2. The molecule has 0 atom stereocenters. The fraction of sp³-hybridized carbons (Fsp3) is 0.333. The molecule has 4 nitrogen and oxygen atoms in total. The molecule has 5 rings (SSSR count). The van der Waals surface area contributed by atoms with Crippen LogP contribution < -0.4 is 9.46 Å². The average Bonchev–Trinajstić information content (AvgIpc) is 3.02. The maximum Gasteiger partial charge on any atom is 0.119 e. The Morgan fingerprint density at radius 2 is 1.86 bits per heavy atom. The Kier molecular flexibility index (Phi) is 4.67. The second-order valence-electron chi connectivity index (χ2n) is 7.98. The Labute approximate surface area is 178 Å². The van der Waals surface area contributed by atoms with Crippen LogP contribution in [-0.4, -0.2) is 36.1 Å². The van der Waals surface area contributed by atoms with Crippen molar-refractivity contribution in [2.45, 2.75) is 23.8 Å². The lowest BCUT2D eigenvalue weighted by atomic mass is 9.62. The van der Waals surface area contributed by atoms with Crippen LogP contribution in [0.5, 0.6) is 5.75 Å². The van der Waals surface area contributed by atoms with Gasteiger partial charge < -0.3 is 19.3 Å². The van der Waals surface area contributed by atoms with Crippen molar-refractivity contribution in [1.82, 2.24) is 9.88 Å².